The van der Waals surface area contributed by atoms with Crippen LogP contribution in [0.5, 0.6) is 0 Å². The first-order valence-corrected chi connectivity index (χ1v) is 3.60. The molecule has 50 valence electrons. The molecule has 2 heteroatoms. The van der Waals surface area contributed by atoms with Gasteiger partial charge in [-0.15, -0.1) is 0 Å². The fourth-order valence-corrected chi connectivity index (χ4v) is 0.936. The van der Waals surface area contributed by atoms with E-state index in [-0.39, 0.29) is 0 Å². The molecular weight excluding hydrogens is 142 g/mol. The molecule has 10 heavy (non-hydrogen) atoms. The number of rotatable bonds is 1. The van der Waals surface area contributed by atoms with Crippen molar-refractivity contribution >= 4 is 12.6 Å². The van der Waals surface area contributed by atoms with Crippen molar-refractivity contribution in [2.24, 2.45) is 0 Å². The summed E-state index contributed by atoms with van der Waals surface area (Å²) >= 11 is 4.09. The van der Waals surface area contributed by atoms with E-state index in [4.69, 9.17) is 5.26 Å². The van der Waals surface area contributed by atoms with Crippen LogP contribution in [0.3, 0.4) is 0 Å². The zero-order valence-electron chi connectivity index (χ0n) is 5.41. The minimum Gasteiger partial charge on any atom is -0.192 e. The molecule has 0 aliphatic rings. The molecule has 0 saturated carbocycles. The summed E-state index contributed by atoms with van der Waals surface area (Å²) in [6.07, 6.45) is 0. The molecule has 0 aromatic heterocycles. The molecule has 0 heterocycles. The standard InChI is InChI=1S/C8H7NS/c9-5-7-2-1-3-8(4-7)6-10/h1-4,10H,6H2. The summed E-state index contributed by atoms with van der Waals surface area (Å²) in [5, 5.41) is 8.48. The number of hydrogen-bond acceptors (Lipinski definition) is 2. The molecule has 1 aromatic carbocycles. The monoisotopic (exact) mass is 149 g/mol. The van der Waals surface area contributed by atoms with E-state index in [1.165, 1.54) is 0 Å². The normalized spacial score (nSPS) is 8.80. The number of thiol groups is 1. The van der Waals surface area contributed by atoms with Crippen LogP contribution < -0.4 is 0 Å². The lowest BCUT2D eigenvalue weighted by atomic mass is 10.2. The lowest BCUT2D eigenvalue weighted by molar-refractivity contribution is 1.39. The molecule has 1 rings (SSSR count). The second-order valence-electron chi connectivity index (χ2n) is 1.97. The largest absolute Gasteiger partial charge is 0.192 e. The van der Waals surface area contributed by atoms with Crippen LogP contribution in [0, 0.1) is 11.3 Å². The zero-order chi connectivity index (χ0) is 7.40. The summed E-state index contributed by atoms with van der Waals surface area (Å²) in [6.45, 7) is 0. The van der Waals surface area contributed by atoms with E-state index in [2.05, 4.69) is 18.7 Å². The third-order valence-electron chi connectivity index (χ3n) is 1.24. The predicted octanol–water partition coefficient (Wildman–Crippen LogP) is 1.99. The van der Waals surface area contributed by atoms with Gasteiger partial charge in [0.25, 0.3) is 0 Å². The van der Waals surface area contributed by atoms with Gasteiger partial charge in [0, 0.05) is 5.75 Å². The average Bonchev–Trinajstić information content (AvgIpc) is 2.05. The van der Waals surface area contributed by atoms with Crippen LogP contribution in [0.4, 0.5) is 0 Å². The van der Waals surface area contributed by atoms with Gasteiger partial charge in [-0.05, 0) is 17.7 Å². The Hall–Kier alpha value is -0.940. The third-order valence-corrected chi connectivity index (χ3v) is 1.60. The molecular formula is C8H7NS. The predicted molar refractivity (Wildman–Crippen MR) is 43.8 cm³/mol. The van der Waals surface area contributed by atoms with E-state index in [0.717, 1.165) is 5.56 Å². The Morgan fingerprint density at radius 1 is 1.50 bits per heavy atom. The smallest absolute Gasteiger partial charge is 0.0991 e. The van der Waals surface area contributed by atoms with E-state index in [1.54, 1.807) is 6.07 Å². The van der Waals surface area contributed by atoms with E-state index in [1.807, 2.05) is 18.2 Å². The summed E-state index contributed by atoms with van der Waals surface area (Å²) in [5.41, 5.74) is 1.79. The van der Waals surface area contributed by atoms with Gasteiger partial charge in [0.05, 0.1) is 11.6 Å². The molecule has 1 aromatic rings. The summed E-state index contributed by atoms with van der Waals surface area (Å²) in [6, 6.07) is 9.51. The van der Waals surface area contributed by atoms with Crippen molar-refractivity contribution in [1.82, 2.24) is 0 Å². The van der Waals surface area contributed by atoms with Gasteiger partial charge in [-0.1, -0.05) is 12.1 Å². The number of benzene rings is 1. The summed E-state index contributed by atoms with van der Waals surface area (Å²) in [5.74, 6) is 0.690. The van der Waals surface area contributed by atoms with Gasteiger partial charge in [-0.25, -0.2) is 0 Å². The molecule has 1 nitrogen and oxygen atoms in total. The first-order valence-electron chi connectivity index (χ1n) is 2.96. The van der Waals surface area contributed by atoms with Crippen LogP contribution in [0.1, 0.15) is 11.1 Å². The number of nitriles is 1. The molecule has 0 spiro atoms. The first kappa shape index (κ1) is 7.17. The van der Waals surface area contributed by atoms with Crippen LogP contribution in [0.15, 0.2) is 24.3 Å². The molecule has 0 radical (unpaired) electrons. The maximum Gasteiger partial charge on any atom is 0.0991 e. The highest BCUT2D eigenvalue weighted by atomic mass is 32.1. The van der Waals surface area contributed by atoms with Crippen molar-refractivity contribution in [3.05, 3.63) is 35.4 Å². The van der Waals surface area contributed by atoms with Crippen LogP contribution >= 0.6 is 12.6 Å². The Morgan fingerprint density at radius 2 is 2.30 bits per heavy atom. The van der Waals surface area contributed by atoms with Crippen molar-refractivity contribution in [2.75, 3.05) is 0 Å². The van der Waals surface area contributed by atoms with Gasteiger partial charge < -0.3 is 0 Å². The highest BCUT2D eigenvalue weighted by Gasteiger charge is 1.90. The second kappa shape index (κ2) is 3.28. The molecule has 0 saturated heterocycles. The fraction of sp³-hybridized carbons (Fsp3) is 0.125. The Labute approximate surface area is 65.7 Å². The third kappa shape index (κ3) is 1.52. The van der Waals surface area contributed by atoms with Crippen LogP contribution in [0.25, 0.3) is 0 Å². The van der Waals surface area contributed by atoms with Crippen LogP contribution in [0.2, 0.25) is 0 Å². The maximum atomic E-state index is 8.48. The molecule has 0 atom stereocenters. The molecule has 0 bridgehead atoms. The second-order valence-corrected chi connectivity index (χ2v) is 2.29. The topological polar surface area (TPSA) is 23.8 Å². The molecule has 0 unspecified atom stereocenters. The quantitative estimate of drug-likeness (QED) is 0.606. The van der Waals surface area contributed by atoms with Gasteiger partial charge in [0.15, 0.2) is 0 Å². The van der Waals surface area contributed by atoms with Gasteiger partial charge in [0.1, 0.15) is 0 Å². The van der Waals surface area contributed by atoms with E-state index in [9.17, 15) is 0 Å². The summed E-state index contributed by atoms with van der Waals surface area (Å²) in [4.78, 5) is 0. The molecule has 0 fully saturated rings. The molecule has 0 aliphatic carbocycles. The van der Waals surface area contributed by atoms with Crippen LogP contribution in [-0.4, -0.2) is 0 Å². The first-order chi connectivity index (χ1) is 4.86. The lowest BCUT2D eigenvalue weighted by Gasteiger charge is -1.93. The summed E-state index contributed by atoms with van der Waals surface area (Å²) < 4.78 is 0. The van der Waals surface area contributed by atoms with Crippen molar-refractivity contribution in [3.63, 3.8) is 0 Å². The Kier molecular flexibility index (Phi) is 2.35. The van der Waals surface area contributed by atoms with Gasteiger partial charge in [0.2, 0.25) is 0 Å². The fourth-order valence-electron chi connectivity index (χ4n) is 0.739. The van der Waals surface area contributed by atoms with E-state index >= 15 is 0 Å². The highest BCUT2D eigenvalue weighted by molar-refractivity contribution is 7.79. The SMILES string of the molecule is N#Cc1cccc(CS)c1. The number of hydrogen-bond donors (Lipinski definition) is 1. The Bertz CT molecular complexity index is 262. The van der Waals surface area contributed by atoms with E-state index in [0.29, 0.717) is 11.3 Å². The Morgan fingerprint density at radius 3 is 2.90 bits per heavy atom. The lowest BCUT2D eigenvalue weighted by Crippen LogP contribution is -1.78. The van der Waals surface area contributed by atoms with Gasteiger partial charge >= 0.3 is 0 Å². The minimum atomic E-state index is 0.690. The van der Waals surface area contributed by atoms with Crippen LogP contribution in [-0.2, 0) is 5.75 Å². The Balaban J connectivity index is 3.01. The summed E-state index contributed by atoms with van der Waals surface area (Å²) in [7, 11) is 0. The molecule has 0 N–H and O–H groups in total. The van der Waals surface area contributed by atoms with Crippen molar-refractivity contribution in [2.45, 2.75) is 5.75 Å². The van der Waals surface area contributed by atoms with E-state index < -0.39 is 0 Å². The zero-order valence-corrected chi connectivity index (χ0v) is 6.31. The van der Waals surface area contributed by atoms with Crippen molar-refractivity contribution in [1.29, 1.82) is 5.26 Å². The average molecular weight is 149 g/mol. The maximum absolute atomic E-state index is 8.48. The number of nitrogens with zero attached hydrogens (tertiary/aromatic N) is 1. The molecule has 0 amide bonds. The van der Waals surface area contributed by atoms with Crippen molar-refractivity contribution in [3.8, 4) is 6.07 Å². The van der Waals surface area contributed by atoms with Gasteiger partial charge in [-0.2, -0.15) is 17.9 Å². The molecule has 0 aliphatic heterocycles. The van der Waals surface area contributed by atoms with Crippen molar-refractivity contribution < 1.29 is 0 Å². The van der Waals surface area contributed by atoms with Gasteiger partial charge in [-0.3, -0.25) is 0 Å². The minimum absolute atomic E-state index is 0.690. The highest BCUT2D eigenvalue weighted by Crippen LogP contribution is 2.05.